The third kappa shape index (κ3) is 2.72. The molecule has 3 rings (SSSR count). The van der Waals surface area contributed by atoms with Crippen molar-refractivity contribution in [3.8, 4) is 5.75 Å². The second-order valence-electron chi connectivity index (χ2n) is 5.38. The van der Waals surface area contributed by atoms with Crippen LogP contribution >= 0.6 is 0 Å². The Balaban J connectivity index is 1.67. The van der Waals surface area contributed by atoms with Crippen molar-refractivity contribution in [2.45, 2.75) is 12.5 Å². The lowest BCUT2D eigenvalue weighted by Gasteiger charge is -2.27. The molecule has 0 radical (unpaired) electrons. The first-order valence-electron chi connectivity index (χ1n) is 6.98. The first-order valence-corrected chi connectivity index (χ1v) is 6.98. The predicted octanol–water partition coefficient (Wildman–Crippen LogP) is 3.17. The number of benzene rings is 2. The molecule has 1 unspecified atom stereocenters. The molecular weight excluding hydrogens is 248 g/mol. The Bertz CT molecular complexity index is 578. The van der Waals surface area contributed by atoms with Gasteiger partial charge >= 0.3 is 0 Å². The van der Waals surface area contributed by atoms with E-state index in [1.54, 1.807) is 0 Å². The summed E-state index contributed by atoms with van der Waals surface area (Å²) in [6.45, 7) is 0.854. The summed E-state index contributed by atoms with van der Waals surface area (Å²) in [5, 5.41) is 3.43. The molecule has 1 aliphatic rings. The fourth-order valence-electron chi connectivity index (χ4n) is 2.47. The Morgan fingerprint density at radius 1 is 1.10 bits per heavy atom. The molecule has 1 N–H and O–H groups in total. The van der Waals surface area contributed by atoms with Crippen LogP contribution < -0.4 is 15.0 Å². The summed E-state index contributed by atoms with van der Waals surface area (Å²) >= 11 is 0. The Labute approximate surface area is 120 Å². The fourth-order valence-corrected chi connectivity index (χ4v) is 2.47. The van der Waals surface area contributed by atoms with Gasteiger partial charge in [0.2, 0.25) is 0 Å². The van der Waals surface area contributed by atoms with Gasteiger partial charge in [0, 0.05) is 26.2 Å². The Morgan fingerprint density at radius 3 is 2.60 bits per heavy atom. The molecule has 0 saturated carbocycles. The topological polar surface area (TPSA) is 24.5 Å². The van der Waals surface area contributed by atoms with Crippen LogP contribution in [0, 0.1) is 0 Å². The Morgan fingerprint density at radius 2 is 1.85 bits per heavy atom. The van der Waals surface area contributed by atoms with E-state index in [0.29, 0.717) is 0 Å². The van der Waals surface area contributed by atoms with Crippen molar-refractivity contribution in [1.29, 1.82) is 0 Å². The van der Waals surface area contributed by atoms with E-state index in [4.69, 9.17) is 4.74 Å². The van der Waals surface area contributed by atoms with Crippen LogP contribution in [0.1, 0.15) is 5.56 Å². The van der Waals surface area contributed by atoms with Crippen molar-refractivity contribution >= 4 is 11.4 Å². The normalized spacial score (nSPS) is 16.8. The van der Waals surface area contributed by atoms with Crippen molar-refractivity contribution in [3.63, 3.8) is 0 Å². The van der Waals surface area contributed by atoms with E-state index in [0.717, 1.165) is 24.4 Å². The zero-order chi connectivity index (χ0) is 13.9. The van der Waals surface area contributed by atoms with Crippen LogP contribution in [0.25, 0.3) is 0 Å². The molecule has 0 saturated heterocycles. The first kappa shape index (κ1) is 12.9. The van der Waals surface area contributed by atoms with E-state index in [9.17, 15) is 0 Å². The van der Waals surface area contributed by atoms with Gasteiger partial charge in [0.25, 0.3) is 0 Å². The minimum Gasteiger partial charge on any atom is -0.486 e. The highest BCUT2D eigenvalue weighted by Crippen LogP contribution is 2.29. The van der Waals surface area contributed by atoms with E-state index < -0.39 is 0 Å². The summed E-state index contributed by atoms with van der Waals surface area (Å²) < 4.78 is 6.04. The number of para-hydroxylation sites is 2. The molecule has 0 fully saturated rings. The van der Waals surface area contributed by atoms with Crippen LogP contribution in [0.3, 0.4) is 0 Å². The van der Waals surface area contributed by atoms with Crippen LogP contribution in [-0.4, -0.2) is 26.7 Å². The predicted molar refractivity (Wildman–Crippen MR) is 83.8 cm³/mol. The first-order chi connectivity index (χ1) is 9.72. The highest BCUT2D eigenvalue weighted by Gasteiger charge is 2.18. The second kappa shape index (κ2) is 5.45. The molecule has 3 nitrogen and oxygen atoms in total. The summed E-state index contributed by atoms with van der Waals surface area (Å²) in [6.07, 6.45) is 1.12. The number of nitrogens with zero attached hydrogens (tertiary/aromatic N) is 1. The van der Waals surface area contributed by atoms with Gasteiger partial charge in [-0.25, -0.2) is 0 Å². The van der Waals surface area contributed by atoms with E-state index >= 15 is 0 Å². The molecule has 1 atom stereocenters. The largest absolute Gasteiger partial charge is 0.486 e. The van der Waals surface area contributed by atoms with Crippen LogP contribution in [0.15, 0.2) is 48.5 Å². The summed E-state index contributed by atoms with van der Waals surface area (Å²) in [7, 11) is 4.11. The third-order valence-corrected chi connectivity index (χ3v) is 3.62. The van der Waals surface area contributed by atoms with Gasteiger partial charge in [0.05, 0.1) is 12.2 Å². The van der Waals surface area contributed by atoms with Crippen molar-refractivity contribution in [1.82, 2.24) is 0 Å². The highest BCUT2D eigenvalue weighted by atomic mass is 16.5. The zero-order valence-corrected chi connectivity index (χ0v) is 12.0. The van der Waals surface area contributed by atoms with Gasteiger partial charge in [-0.2, -0.15) is 0 Å². The smallest absolute Gasteiger partial charge is 0.142 e. The van der Waals surface area contributed by atoms with E-state index in [-0.39, 0.29) is 6.10 Å². The maximum absolute atomic E-state index is 6.04. The minimum atomic E-state index is 0.190. The van der Waals surface area contributed by atoms with E-state index in [1.165, 1.54) is 11.3 Å². The van der Waals surface area contributed by atoms with Gasteiger partial charge < -0.3 is 15.0 Å². The van der Waals surface area contributed by atoms with Gasteiger partial charge in [-0.15, -0.1) is 0 Å². The maximum Gasteiger partial charge on any atom is 0.142 e. The van der Waals surface area contributed by atoms with Crippen LogP contribution in [-0.2, 0) is 6.42 Å². The maximum atomic E-state index is 6.04. The van der Waals surface area contributed by atoms with Crippen molar-refractivity contribution in [3.05, 3.63) is 54.1 Å². The number of fused-ring (bicyclic) bond motifs is 1. The Hall–Kier alpha value is -2.16. The van der Waals surface area contributed by atoms with Crippen LogP contribution in [0.5, 0.6) is 5.75 Å². The number of anilines is 2. The summed E-state index contributed by atoms with van der Waals surface area (Å²) in [5.41, 5.74) is 3.62. The van der Waals surface area contributed by atoms with Gasteiger partial charge in [0.1, 0.15) is 11.9 Å². The molecular formula is C17H20N2O. The van der Waals surface area contributed by atoms with Crippen molar-refractivity contribution < 1.29 is 4.74 Å². The lowest BCUT2D eigenvalue weighted by atomic mass is 10.1. The van der Waals surface area contributed by atoms with E-state index in [2.05, 4.69) is 54.6 Å². The number of hydrogen-bond donors (Lipinski definition) is 1. The number of nitrogens with one attached hydrogen (secondary N) is 1. The zero-order valence-electron chi connectivity index (χ0n) is 12.0. The number of hydrogen-bond acceptors (Lipinski definition) is 3. The quantitative estimate of drug-likeness (QED) is 0.925. The van der Waals surface area contributed by atoms with Crippen LogP contribution in [0.2, 0.25) is 0 Å². The Kier molecular flexibility index (Phi) is 3.50. The van der Waals surface area contributed by atoms with Crippen LogP contribution in [0.4, 0.5) is 11.4 Å². The molecule has 0 bridgehead atoms. The lowest BCUT2D eigenvalue weighted by Crippen LogP contribution is -2.32. The summed E-state index contributed by atoms with van der Waals surface area (Å²) in [5.74, 6) is 0.952. The molecule has 1 heterocycles. The van der Waals surface area contributed by atoms with Gasteiger partial charge in [-0.05, 0) is 29.8 Å². The second-order valence-corrected chi connectivity index (χ2v) is 5.38. The van der Waals surface area contributed by atoms with Crippen molar-refractivity contribution in [2.75, 3.05) is 30.9 Å². The molecule has 0 aromatic heterocycles. The van der Waals surface area contributed by atoms with Gasteiger partial charge in [-0.1, -0.05) is 24.3 Å². The fraction of sp³-hybridized carbons (Fsp3) is 0.294. The monoisotopic (exact) mass is 268 g/mol. The molecule has 1 aliphatic heterocycles. The summed E-state index contributed by atoms with van der Waals surface area (Å²) in [4.78, 5) is 2.11. The molecule has 0 spiro atoms. The molecule has 20 heavy (non-hydrogen) atoms. The molecule has 0 amide bonds. The third-order valence-electron chi connectivity index (χ3n) is 3.62. The summed E-state index contributed by atoms with van der Waals surface area (Å²) in [6, 6.07) is 16.8. The standard InChI is InChI=1S/C17H20N2O/c1-19(2)14-9-7-13(8-10-14)11-15-12-18-16-5-3-4-6-17(16)20-15/h3-10,15,18H,11-12H2,1-2H3. The lowest BCUT2D eigenvalue weighted by molar-refractivity contribution is 0.206. The molecule has 0 aliphatic carbocycles. The average molecular weight is 268 g/mol. The molecule has 2 aromatic rings. The minimum absolute atomic E-state index is 0.190. The number of ether oxygens (including phenoxy) is 1. The molecule has 2 aromatic carbocycles. The highest BCUT2D eigenvalue weighted by molar-refractivity contribution is 5.57. The SMILES string of the molecule is CN(C)c1ccc(CC2CNc3ccccc3O2)cc1. The van der Waals surface area contributed by atoms with Gasteiger partial charge in [0.15, 0.2) is 0 Å². The van der Waals surface area contributed by atoms with Crippen molar-refractivity contribution in [2.24, 2.45) is 0 Å². The number of rotatable bonds is 3. The molecule has 104 valence electrons. The average Bonchev–Trinajstić information content (AvgIpc) is 2.48. The van der Waals surface area contributed by atoms with Gasteiger partial charge in [-0.3, -0.25) is 0 Å². The van der Waals surface area contributed by atoms with E-state index in [1.807, 2.05) is 18.2 Å². The molecule has 3 heteroatoms.